The Morgan fingerprint density at radius 2 is 1.95 bits per heavy atom. The summed E-state index contributed by atoms with van der Waals surface area (Å²) in [5.41, 5.74) is 3.19. The summed E-state index contributed by atoms with van der Waals surface area (Å²) in [7, 11) is 2.25. The molecule has 0 unspecified atom stereocenters. The van der Waals surface area contributed by atoms with Crippen molar-refractivity contribution in [1.82, 2.24) is 10.2 Å². The Kier molecular flexibility index (Phi) is 6.22. The summed E-state index contributed by atoms with van der Waals surface area (Å²) < 4.78 is 5.58. The maximum atomic E-state index is 5.58. The molecule has 0 spiro atoms. The number of nitrogens with zero attached hydrogens (tertiary/aromatic N) is 1. The highest BCUT2D eigenvalue weighted by molar-refractivity contribution is 5.25. The molecule has 0 amide bonds. The minimum atomic E-state index is 0.367. The topological polar surface area (TPSA) is 24.5 Å². The van der Waals surface area contributed by atoms with E-state index in [1.54, 1.807) is 0 Å². The van der Waals surface area contributed by atoms with Crippen LogP contribution in [0.1, 0.15) is 30.9 Å². The quantitative estimate of drug-likeness (QED) is 0.836. The monoisotopic (exact) mass is 290 g/mol. The van der Waals surface area contributed by atoms with E-state index < -0.39 is 0 Å². The Bertz CT molecular complexity index is 427. The molecule has 1 aliphatic heterocycles. The zero-order valence-corrected chi connectivity index (χ0v) is 13.8. The van der Waals surface area contributed by atoms with Crippen LogP contribution >= 0.6 is 0 Å². The van der Waals surface area contributed by atoms with Gasteiger partial charge >= 0.3 is 0 Å². The summed E-state index contributed by atoms with van der Waals surface area (Å²) in [6, 6.07) is 8.70. The number of ether oxygens (including phenoxy) is 1. The van der Waals surface area contributed by atoms with E-state index in [2.05, 4.69) is 55.4 Å². The van der Waals surface area contributed by atoms with Crippen LogP contribution in [0, 0.1) is 12.3 Å². The van der Waals surface area contributed by atoms with Gasteiger partial charge in [0.05, 0.1) is 0 Å². The summed E-state index contributed by atoms with van der Waals surface area (Å²) in [4.78, 5) is 2.48. The van der Waals surface area contributed by atoms with Crippen molar-refractivity contribution in [3.63, 3.8) is 0 Å². The van der Waals surface area contributed by atoms with Gasteiger partial charge in [-0.1, -0.05) is 31.2 Å². The van der Waals surface area contributed by atoms with Crippen LogP contribution in [-0.2, 0) is 11.3 Å². The van der Waals surface area contributed by atoms with E-state index in [1.807, 2.05) is 0 Å². The molecule has 0 saturated carbocycles. The Morgan fingerprint density at radius 3 is 2.62 bits per heavy atom. The van der Waals surface area contributed by atoms with Crippen molar-refractivity contribution in [2.75, 3.05) is 39.9 Å². The van der Waals surface area contributed by atoms with Crippen LogP contribution in [0.2, 0.25) is 0 Å². The lowest BCUT2D eigenvalue weighted by atomic mass is 9.79. The van der Waals surface area contributed by atoms with E-state index in [-0.39, 0.29) is 0 Å². The number of hydrogen-bond acceptors (Lipinski definition) is 3. The molecule has 21 heavy (non-hydrogen) atoms. The second-order valence-corrected chi connectivity index (χ2v) is 6.49. The lowest BCUT2D eigenvalue weighted by Gasteiger charge is -2.40. The van der Waals surface area contributed by atoms with Crippen molar-refractivity contribution in [2.24, 2.45) is 5.41 Å². The molecule has 1 N–H and O–H groups in total. The Hall–Kier alpha value is -0.900. The summed E-state index contributed by atoms with van der Waals surface area (Å²) in [6.45, 7) is 10.5. The molecule has 2 rings (SSSR count). The van der Waals surface area contributed by atoms with Crippen LogP contribution in [0.25, 0.3) is 0 Å². The highest BCUT2D eigenvalue weighted by Crippen LogP contribution is 2.31. The van der Waals surface area contributed by atoms with Gasteiger partial charge < -0.3 is 15.0 Å². The van der Waals surface area contributed by atoms with Gasteiger partial charge in [-0.25, -0.2) is 0 Å². The first-order chi connectivity index (χ1) is 10.2. The molecule has 3 nitrogen and oxygen atoms in total. The first-order valence-electron chi connectivity index (χ1n) is 8.17. The van der Waals surface area contributed by atoms with Crippen LogP contribution in [0.15, 0.2) is 24.3 Å². The fraction of sp³-hybridized carbons (Fsp3) is 0.667. The van der Waals surface area contributed by atoms with Gasteiger partial charge in [-0.05, 0) is 49.9 Å². The van der Waals surface area contributed by atoms with Crippen molar-refractivity contribution in [1.29, 1.82) is 0 Å². The second kappa shape index (κ2) is 7.92. The molecule has 1 aromatic rings. The average molecular weight is 290 g/mol. The lowest BCUT2D eigenvalue weighted by Crippen LogP contribution is -2.46. The normalized spacial score (nSPS) is 18.1. The highest BCUT2D eigenvalue weighted by atomic mass is 16.5. The SMILES string of the molecule is CCNCC1(CN(C)Cc2ccccc2C)CCOCC1. The fourth-order valence-corrected chi connectivity index (χ4v) is 3.29. The van der Waals surface area contributed by atoms with Crippen molar-refractivity contribution >= 4 is 0 Å². The lowest BCUT2D eigenvalue weighted by molar-refractivity contribution is -0.00141. The minimum absolute atomic E-state index is 0.367. The number of benzene rings is 1. The molecule has 1 fully saturated rings. The van der Waals surface area contributed by atoms with Gasteiger partial charge in [-0.3, -0.25) is 0 Å². The molecule has 1 heterocycles. The molecular weight excluding hydrogens is 260 g/mol. The third-order valence-corrected chi connectivity index (χ3v) is 4.61. The van der Waals surface area contributed by atoms with Gasteiger partial charge in [0.15, 0.2) is 0 Å². The molecule has 1 aromatic carbocycles. The molecule has 118 valence electrons. The largest absolute Gasteiger partial charge is 0.381 e. The first kappa shape index (κ1) is 16.5. The summed E-state index contributed by atoms with van der Waals surface area (Å²) in [5, 5.41) is 3.56. The third kappa shape index (κ3) is 4.80. The van der Waals surface area contributed by atoms with Crippen molar-refractivity contribution < 1.29 is 4.74 Å². The van der Waals surface area contributed by atoms with Crippen LogP contribution in [0.4, 0.5) is 0 Å². The molecule has 0 aliphatic carbocycles. The van der Waals surface area contributed by atoms with Crippen molar-refractivity contribution in [3.05, 3.63) is 35.4 Å². The standard InChI is InChI=1S/C18H30N2O/c1-4-19-14-18(9-11-21-12-10-18)15-20(3)13-17-8-6-5-7-16(17)2/h5-8,19H,4,9-15H2,1-3H3. The van der Waals surface area contributed by atoms with Gasteiger partial charge in [-0.15, -0.1) is 0 Å². The smallest absolute Gasteiger partial charge is 0.0472 e. The Balaban J connectivity index is 1.97. The molecule has 0 radical (unpaired) electrons. The molecule has 0 atom stereocenters. The molecule has 0 bridgehead atoms. The Morgan fingerprint density at radius 1 is 1.24 bits per heavy atom. The van der Waals surface area contributed by atoms with Gasteiger partial charge in [0, 0.05) is 32.8 Å². The molecular formula is C18H30N2O. The summed E-state index contributed by atoms with van der Waals surface area (Å²) >= 11 is 0. The highest BCUT2D eigenvalue weighted by Gasteiger charge is 2.33. The van der Waals surface area contributed by atoms with E-state index >= 15 is 0 Å². The Labute approximate surface area is 129 Å². The van der Waals surface area contributed by atoms with Gasteiger partial charge in [-0.2, -0.15) is 0 Å². The first-order valence-corrected chi connectivity index (χ1v) is 8.17. The van der Waals surface area contributed by atoms with Crippen LogP contribution in [-0.4, -0.2) is 44.8 Å². The summed E-state index contributed by atoms with van der Waals surface area (Å²) in [5.74, 6) is 0. The van der Waals surface area contributed by atoms with Crippen LogP contribution in [0.3, 0.4) is 0 Å². The molecule has 3 heteroatoms. The fourth-order valence-electron chi connectivity index (χ4n) is 3.29. The summed E-state index contributed by atoms with van der Waals surface area (Å²) in [6.07, 6.45) is 2.33. The zero-order chi connectivity index (χ0) is 15.1. The number of aryl methyl sites for hydroxylation is 1. The van der Waals surface area contributed by atoms with E-state index in [0.717, 1.165) is 52.2 Å². The maximum Gasteiger partial charge on any atom is 0.0472 e. The predicted molar refractivity (Wildman–Crippen MR) is 88.5 cm³/mol. The molecule has 1 aliphatic rings. The van der Waals surface area contributed by atoms with Gasteiger partial charge in [0.1, 0.15) is 0 Å². The second-order valence-electron chi connectivity index (χ2n) is 6.49. The zero-order valence-electron chi connectivity index (χ0n) is 13.8. The van der Waals surface area contributed by atoms with Crippen LogP contribution < -0.4 is 5.32 Å². The van der Waals surface area contributed by atoms with E-state index in [1.165, 1.54) is 11.1 Å². The van der Waals surface area contributed by atoms with Crippen molar-refractivity contribution in [3.8, 4) is 0 Å². The third-order valence-electron chi connectivity index (χ3n) is 4.61. The molecule has 1 saturated heterocycles. The number of nitrogens with one attached hydrogen (secondary N) is 1. The van der Waals surface area contributed by atoms with E-state index in [4.69, 9.17) is 4.74 Å². The van der Waals surface area contributed by atoms with Gasteiger partial charge in [0.25, 0.3) is 0 Å². The number of hydrogen-bond donors (Lipinski definition) is 1. The van der Waals surface area contributed by atoms with Crippen LogP contribution in [0.5, 0.6) is 0 Å². The predicted octanol–water partition coefficient (Wildman–Crippen LogP) is 2.83. The molecule has 0 aromatic heterocycles. The van der Waals surface area contributed by atoms with Crippen molar-refractivity contribution in [2.45, 2.75) is 33.2 Å². The van der Waals surface area contributed by atoms with Gasteiger partial charge in [0.2, 0.25) is 0 Å². The maximum absolute atomic E-state index is 5.58. The number of rotatable bonds is 7. The average Bonchev–Trinajstić information content (AvgIpc) is 2.48. The van der Waals surface area contributed by atoms with E-state index in [0.29, 0.717) is 5.41 Å². The van der Waals surface area contributed by atoms with E-state index in [9.17, 15) is 0 Å². The minimum Gasteiger partial charge on any atom is -0.381 e.